The zero-order chi connectivity index (χ0) is 15.2. The van der Waals surface area contributed by atoms with Crippen LogP contribution in [0.1, 0.15) is 0 Å². The monoisotopic (exact) mass is 318 g/mol. The van der Waals surface area contributed by atoms with E-state index in [4.69, 9.17) is 4.74 Å². The molecule has 0 spiro atoms. The van der Waals surface area contributed by atoms with Crippen molar-refractivity contribution in [3.8, 4) is 5.75 Å². The molecule has 1 aliphatic rings. The number of rotatable bonds is 6. The Bertz CT molecular complexity index is 498. The quantitative estimate of drug-likeness (QED) is 0.712. The van der Waals surface area contributed by atoms with Crippen LogP contribution in [-0.4, -0.2) is 47.9 Å². The van der Waals surface area contributed by atoms with Gasteiger partial charge in [0.1, 0.15) is 18.5 Å². The first kappa shape index (κ1) is 16.0. The molecule has 3 N–H and O–H groups in total. The van der Waals surface area contributed by atoms with Crippen molar-refractivity contribution in [3.63, 3.8) is 0 Å². The molecule has 5 nitrogen and oxygen atoms in total. The van der Waals surface area contributed by atoms with Crippen molar-refractivity contribution in [1.29, 1.82) is 0 Å². The Hall–Kier alpha value is -1.38. The molecule has 1 amide bonds. The number of thioether (sulfide) groups is 1. The second kappa shape index (κ2) is 7.58. The van der Waals surface area contributed by atoms with Crippen molar-refractivity contribution in [1.82, 2.24) is 10.6 Å². The number of nitrogens with one attached hydrogen (secondary N) is 2. The first-order chi connectivity index (χ1) is 10.1. The molecule has 0 aromatic heterocycles. The van der Waals surface area contributed by atoms with Gasteiger partial charge in [-0.1, -0.05) is 0 Å². The minimum Gasteiger partial charge on any atom is -0.491 e. The summed E-state index contributed by atoms with van der Waals surface area (Å²) >= 11 is 1.63. The number of benzene rings is 1. The third kappa shape index (κ3) is 4.83. The molecular weight excluding hydrogens is 302 g/mol. The van der Waals surface area contributed by atoms with E-state index in [0.29, 0.717) is 5.75 Å². The van der Waals surface area contributed by atoms with Crippen LogP contribution in [0, 0.1) is 11.6 Å². The maximum Gasteiger partial charge on any atom is 0.238 e. The van der Waals surface area contributed by atoms with Gasteiger partial charge in [-0.3, -0.25) is 10.1 Å². The van der Waals surface area contributed by atoms with Crippen molar-refractivity contribution in [3.05, 3.63) is 29.8 Å². The molecule has 8 heteroatoms. The van der Waals surface area contributed by atoms with E-state index in [1.807, 2.05) is 0 Å². The molecule has 1 aromatic rings. The fourth-order valence-electron chi connectivity index (χ4n) is 1.72. The van der Waals surface area contributed by atoms with Gasteiger partial charge in [0.25, 0.3) is 0 Å². The van der Waals surface area contributed by atoms with Gasteiger partial charge in [-0.05, 0) is 12.1 Å². The van der Waals surface area contributed by atoms with E-state index >= 15 is 0 Å². The number of carbonyl (C=O) groups is 1. The molecule has 0 saturated carbocycles. The van der Waals surface area contributed by atoms with Crippen LogP contribution in [0.25, 0.3) is 0 Å². The maximum atomic E-state index is 12.9. The van der Waals surface area contributed by atoms with Gasteiger partial charge < -0.3 is 15.2 Å². The average Bonchev–Trinajstić information content (AvgIpc) is 3.00. The van der Waals surface area contributed by atoms with Crippen molar-refractivity contribution >= 4 is 17.7 Å². The predicted octanol–water partition coefficient (Wildman–Crippen LogP) is 0.483. The lowest BCUT2D eigenvalue weighted by atomic mass is 10.3. The van der Waals surface area contributed by atoms with Gasteiger partial charge in [0.2, 0.25) is 5.91 Å². The molecule has 1 aromatic carbocycles. The summed E-state index contributed by atoms with van der Waals surface area (Å²) in [6.45, 7) is -0.0937. The van der Waals surface area contributed by atoms with Crippen molar-refractivity contribution in [2.45, 2.75) is 12.1 Å². The Balaban J connectivity index is 1.70. The maximum absolute atomic E-state index is 12.9. The molecule has 2 atom stereocenters. The highest BCUT2D eigenvalue weighted by Crippen LogP contribution is 2.15. The zero-order valence-electron chi connectivity index (χ0n) is 11.1. The Morgan fingerprint density at radius 3 is 3.00 bits per heavy atom. The summed E-state index contributed by atoms with van der Waals surface area (Å²) in [6, 6.07) is 2.88. The van der Waals surface area contributed by atoms with Gasteiger partial charge in [-0.15, -0.1) is 11.8 Å². The molecule has 2 unspecified atom stereocenters. The number of hydrogen-bond donors (Lipinski definition) is 3. The third-order valence-electron chi connectivity index (χ3n) is 2.88. The molecule has 0 bridgehead atoms. The number of amides is 1. The van der Waals surface area contributed by atoms with Gasteiger partial charge in [0, 0.05) is 24.2 Å². The Morgan fingerprint density at radius 2 is 2.33 bits per heavy atom. The van der Waals surface area contributed by atoms with Gasteiger partial charge in [0.15, 0.2) is 11.6 Å². The van der Waals surface area contributed by atoms with E-state index in [9.17, 15) is 18.7 Å². The highest BCUT2D eigenvalue weighted by Gasteiger charge is 2.22. The first-order valence-corrected chi connectivity index (χ1v) is 7.56. The van der Waals surface area contributed by atoms with Gasteiger partial charge in [0.05, 0.1) is 6.04 Å². The summed E-state index contributed by atoms with van der Waals surface area (Å²) in [6.07, 6.45) is -0.934. The molecule has 2 rings (SSSR count). The average molecular weight is 318 g/mol. The largest absolute Gasteiger partial charge is 0.491 e. The third-order valence-corrected chi connectivity index (χ3v) is 3.82. The highest BCUT2D eigenvalue weighted by molar-refractivity contribution is 7.99. The Kier molecular flexibility index (Phi) is 5.77. The van der Waals surface area contributed by atoms with Crippen molar-refractivity contribution in [2.24, 2.45) is 0 Å². The predicted molar refractivity (Wildman–Crippen MR) is 75.1 cm³/mol. The van der Waals surface area contributed by atoms with Crippen LogP contribution in [0.15, 0.2) is 18.2 Å². The van der Waals surface area contributed by atoms with Crippen LogP contribution in [0.2, 0.25) is 0 Å². The lowest BCUT2D eigenvalue weighted by Gasteiger charge is -2.15. The smallest absolute Gasteiger partial charge is 0.238 e. The molecule has 0 aliphatic carbocycles. The van der Waals surface area contributed by atoms with E-state index in [1.54, 1.807) is 11.8 Å². The summed E-state index contributed by atoms with van der Waals surface area (Å²) in [5.74, 6) is -0.593. The van der Waals surface area contributed by atoms with Crippen LogP contribution >= 0.6 is 11.8 Å². The van der Waals surface area contributed by atoms with Crippen molar-refractivity contribution in [2.75, 3.05) is 24.8 Å². The van der Waals surface area contributed by atoms with Gasteiger partial charge in [-0.25, -0.2) is 8.78 Å². The first-order valence-electron chi connectivity index (χ1n) is 6.41. The van der Waals surface area contributed by atoms with Crippen LogP contribution in [-0.2, 0) is 4.79 Å². The van der Waals surface area contributed by atoms with E-state index in [2.05, 4.69) is 10.6 Å². The van der Waals surface area contributed by atoms with Crippen molar-refractivity contribution < 1.29 is 23.4 Å². The number of aliphatic hydroxyl groups is 1. The van der Waals surface area contributed by atoms with E-state index in [-0.39, 0.29) is 30.9 Å². The lowest BCUT2D eigenvalue weighted by molar-refractivity contribution is -0.122. The minimum absolute atomic E-state index is 0.0331. The molecular formula is C13H16F2N2O3S. The molecule has 1 aliphatic heterocycles. The fourth-order valence-corrected chi connectivity index (χ4v) is 2.67. The molecule has 1 fully saturated rings. The van der Waals surface area contributed by atoms with E-state index in [0.717, 1.165) is 18.0 Å². The summed E-state index contributed by atoms with van der Waals surface area (Å²) in [4.78, 5) is 11.7. The SMILES string of the molecule is O=C(NCC(O)COc1ccc(F)c(F)c1)C1CSCN1. The Labute approximate surface area is 125 Å². The minimum atomic E-state index is -1.01. The Morgan fingerprint density at radius 1 is 1.52 bits per heavy atom. The van der Waals surface area contributed by atoms with E-state index < -0.39 is 17.7 Å². The second-order valence-electron chi connectivity index (χ2n) is 4.56. The number of hydrogen-bond acceptors (Lipinski definition) is 5. The standard InChI is InChI=1S/C13H16F2N2O3S/c14-10-2-1-9(3-11(10)15)20-5-8(18)4-16-13(19)12-6-21-7-17-12/h1-3,8,12,17-18H,4-7H2,(H,16,19). The van der Waals surface area contributed by atoms with Crippen LogP contribution in [0.3, 0.4) is 0 Å². The van der Waals surface area contributed by atoms with Crippen LogP contribution in [0.5, 0.6) is 5.75 Å². The number of aliphatic hydroxyl groups excluding tert-OH is 1. The second-order valence-corrected chi connectivity index (χ2v) is 5.59. The molecule has 0 radical (unpaired) electrons. The zero-order valence-corrected chi connectivity index (χ0v) is 12.0. The fraction of sp³-hybridized carbons (Fsp3) is 0.462. The molecule has 1 saturated heterocycles. The number of halogens is 2. The molecule has 116 valence electrons. The number of ether oxygens (including phenoxy) is 1. The summed E-state index contributed by atoms with van der Waals surface area (Å²) in [7, 11) is 0. The summed E-state index contributed by atoms with van der Waals surface area (Å²) < 4.78 is 30.8. The summed E-state index contributed by atoms with van der Waals surface area (Å²) in [5.41, 5.74) is 0. The molecule has 1 heterocycles. The van der Waals surface area contributed by atoms with Crippen LogP contribution < -0.4 is 15.4 Å². The highest BCUT2D eigenvalue weighted by atomic mass is 32.2. The topological polar surface area (TPSA) is 70.6 Å². The molecule has 21 heavy (non-hydrogen) atoms. The van der Waals surface area contributed by atoms with E-state index in [1.165, 1.54) is 6.07 Å². The normalized spacial score (nSPS) is 19.3. The van der Waals surface area contributed by atoms with Crippen LogP contribution in [0.4, 0.5) is 8.78 Å². The number of carbonyl (C=O) groups excluding carboxylic acids is 1. The summed E-state index contributed by atoms with van der Waals surface area (Å²) in [5, 5.41) is 15.3. The van der Waals surface area contributed by atoms with Gasteiger partial charge in [-0.2, -0.15) is 0 Å². The lowest BCUT2D eigenvalue weighted by Crippen LogP contribution is -2.45. The van der Waals surface area contributed by atoms with Gasteiger partial charge >= 0.3 is 0 Å².